The van der Waals surface area contributed by atoms with E-state index >= 15 is 0 Å². The van der Waals surface area contributed by atoms with Gasteiger partial charge in [-0.1, -0.05) is 87.5 Å². The highest BCUT2D eigenvalue weighted by molar-refractivity contribution is 6.00. The van der Waals surface area contributed by atoms with Gasteiger partial charge in [0, 0.05) is 11.1 Å². The van der Waals surface area contributed by atoms with E-state index in [-0.39, 0.29) is 23.8 Å². The Morgan fingerprint density at radius 3 is 2.42 bits per heavy atom. The minimum absolute atomic E-state index is 0.0375. The summed E-state index contributed by atoms with van der Waals surface area (Å²) in [4.78, 5) is 28.6. The van der Waals surface area contributed by atoms with Crippen molar-refractivity contribution in [3.8, 4) is 0 Å². The van der Waals surface area contributed by atoms with Gasteiger partial charge in [0.25, 0.3) is 5.91 Å². The summed E-state index contributed by atoms with van der Waals surface area (Å²) in [6, 6.07) is 25.0. The standard InChI is InChI=1S/C32H36N4O2/c1-4-32(5-2)20-27(37)36(31(33)35-32)29(22-12-7-6-8-13-22)24-15-11-16-25(19-24)30(38)34-28-21(3)18-23-14-9-10-17-26(23)28/h6-17,19,21,28-29H,4-5,18,20H2,1-3H3,(H2,33,35)(H,34,38)/t21-,28+,29-/m1/s1. The zero-order valence-electron chi connectivity index (χ0n) is 22.3. The highest BCUT2D eigenvalue weighted by Gasteiger charge is 2.42. The highest BCUT2D eigenvalue weighted by Crippen LogP contribution is 2.37. The largest absolute Gasteiger partial charge is 0.350 e. The lowest BCUT2D eigenvalue weighted by atomic mass is 9.85. The summed E-state index contributed by atoms with van der Waals surface area (Å²) in [5.74, 6) is 0.190. The first-order valence-corrected chi connectivity index (χ1v) is 13.6. The number of rotatable bonds is 7. The third-order valence-corrected chi connectivity index (χ3v) is 8.36. The van der Waals surface area contributed by atoms with Crippen molar-refractivity contribution in [1.82, 2.24) is 15.5 Å². The number of carbonyl (C=O) groups is 2. The summed E-state index contributed by atoms with van der Waals surface area (Å²) in [5.41, 5.74) is 4.30. The fourth-order valence-electron chi connectivity index (χ4n) is 6.02. The Kier molecular flexibility index (Phi) is 7.06. The van der Waals surface area contributed by atoms with Gasteiger partial charge in [-0.2, -0.15) is 0 Å². The monoisotopic (exact) mass is 508 g/mol. The summed E-state index contributed by atoms with van der Waals surface area (Å²) >= 11 is 0. The average molecular weight is 509 g/mol. The molecule has 6 heteroatoms. The molecular formula is C32H36N4O2. The molecule has 0 aromatic heterocycles. The summed E-state index contributed by atoms with van der Waals surface area (Å²) in [6.45, 7) is 6.26. The molecule has 1 aliphatic heterocycles. The van der Waals surface area contributed by atoms with Crippen molar-refractivity contribution < 1.29 is 9.59 Å². The number of guanidine groups is 1. The van der Waals surface area contributed by atoms with Crippen LogP contribution in [-0.4, -0.2) is 28.2 Å². The van der Waals surface area contributed by atoms with Crippen LogP contribution in [0, 0.1) is 11.3 Å². The third-order valence-electron chi connectivity index (χ3n) is 8.36. The van der Waals surface area contributed by atoms with Gasteiger partial charge in [0.2, 0.25) is 5.91 Å². The summed E-state index contributed by atoms with van der Waals surface area (Å²) in [7, 11) is 0. The molecule has 3 N–H and O–H groups in total. The smallest absolute Gasteiger partial charge is 0.251 e. The van der Waals surface area contributed by atoms with Gasteiger partial charge in [0.15, 0.2) is 5.96 Å². The van der Waals surface area contributed by atoms with Crippen LogP contribution in [0.15, 0.2) is 78.9 Å². The zero-order valence-corrected chi connectivity index (χ0v) is 22.3. The molecule has 2 amide bonds. The number of carbonyl (C=O) groups excluding carboxylic acids is 2. The maximum Gasteiger partial charge on any atom is 0.251 e. The molecule has 196 valence electrons. The average Bonchev–Trinajstić information content (AvgIpc) is 3.25. The Morgan fingerprint density at radius 2 is 1.71 bits per heavy atom. The van der Waals surface area contributed by atoms with Crippen LogP contribution in [0.4, 0.5) is 0 Å². The lowest BCUT2D eigenvalue weighted by Crippen LogP contribution is -2.62. The van der Waals surface area contributed by atoms with E-state index in [1.807, 2.05) is 80.6 Å². The van der Waals surface area contributed by atoms with Crippen molar-refractivity contribution in [2.45, 2.75) is 64.1 Å². The molecule has 3 aromatic rings. The Hall–Kier alpha value is -3.93. The van der Waals surface area contributed by atoms with Crippen molar-refractivity contribution in [2.75, 3.05) is 0 Å². The molecule has 0 saturated carbocycles. The topological polar surface area (TPSA) is 85.3 Å². The van der Waals surface area contributed by atoms with Crippen molar-refractivity contribution >= 4 is 17.8 Å². The molecule has 1 heterocycles. The second-order valence-electron chi connectivity index (χ2n) is 10.7. The van der Waals surface area contributed by atoms with Gasteiger partial charge in [-0.3, -0.25) is 19.9 Å². The van der Waals surface area contributed by atoms with Crippen molar-refractivity contribution in [2.24, 2.45) is 5.92 Å². The van der Waals surface area contributed by atoms with Gasteiger partial charge >= 0.3 is 0 Å². The first-order valence-electron chi connectivity index (χ1n) is 13.6. The van der Waals surface area contributed by atoms with E-state index in [2.05, 4.69) is 29.7 Å². The van der Waals surface area contributed by atoms with Crippen LogP contribution >= 0.6 is 0 Å². The molecule has 0 bridgehead atoms. The molecule has 0 unspecified atom stereocenters. The number of nitrogens with one attached hydrogen (secondary N) is 3. The summed E-state index contributed by atoms with van der Waals surface area (Å²) < 4.78 is 0. The van der Waals surface area contributed by atoms with Gasteiger partial charge in [-0.25, -0.2) is 0 Å². The molecule has 3 atom stereocenters. The summed E-state index contributed by atoms with van der Waals surface area (Å²) in [6.07, 6.45) is 2.80. The Labute approximate surface area is 225 Å². The molecule has 1 fully saturated rings. The Bertz CT molecular complexity index is 1330. The molecular weight excluding hydrogens is 472 g/mol. The maximum atomic E-state index is 13.6. The first-order chi connectivity index (χ1) is 18.4. The second-order valence-corrected chi connectivity index (χ2v) is 10.7. The molecule has 5 rings (SSSR count). The van der Waals surface area contributed by atoms with Crippen LogP contribution in [0.3, 0.4) is 0 Å². The zero-order chi connectivity index (χ0) is 26.9. The fourth-order valence-corrected chi connectivity index (χ4v) is 6.02. The van der Waals surface area contributed by atoms with Crippen molar-refractivity contribution in [3.05, 3.63) is 107 Å². The van der Waals surface area contributed by atoms with E-state index in [4.69, 9.17) is 5.41 Å². The van der Waals surface area contributed by atoms with Crippen LogP contribution in [0.5, 0.6) is 0 Å². The number of hydrogen-bond donors (Lipinski definition) is 3. The van der Waals surface area contributed by atoms with Crippen LogP contribution < -0.4 is 10.6 Å². The second kappa shape index (κ2) is 10.4. The van der Waals surface area contributed by atoms with Crippen molar-refractivity contribution in [3.63, 3.8) is 0 Å². The molecule has 0 radical (unpaired) electrons. The minimum atomic E-state index is -0.519. The van der Waals surface area contributed by atoms with E-state index in [9.17, 15) is 9.59 Å². The van der Waals surface area contributed by atoms with E-state index in [1.54, 1.807) is 4.90 Å². The lowest BCUT2D eigenvalue weighted by molar-refractivity contribution is -0.132. The Morgan fingerprint density at radius 1 is 1.03 bits per heavy atom. The quantitative estimate of drug-likeness (QED) is 0.380. The first kappa shape index (κ1) is 25.7. The number of nitrogens with zero attached hydrogens (tertiary/aromatic N) is 1. The molecule has 2 aliphatic rings. The fraction of sp³-hybridized carbons (Fsp3) is 0.344. The number of amides is 2. The molecule has 38 heavy (non-hydrogen) atoms. The molecule has 0 spiro atoms. The lowest BCUT2D eigenvalue weighted by Gasteiger charge is -2.45. The van der Waals surface area contributed by atoms with Crippen molar-refractivity contribution in [1.29, 1.82) is 5.41 Å². The predicted octanol–water partition coefficient (Wildman–Crippen LogP) is 5.75. The van der Waals surface area contributed by atoms with Gasteiger partial charge in [0.1, 0.15) is 0 Å². The van der Waals surface area contributed by atoms with Crippen LogP contribution in [0.25, 0.3) is 0 Å². The van der Waals surface area contributed by atoms with E-state index in [0.29, 0.717) is 17.9 Å². The molecule has 1 saturated heterocycles. The van der Waals surface area contributed by atoms with Crippen LogP contribution in [0.1, 0.15) is 84.7 Å². The predicted molar refractivity (Wildman–Crippen MR) is 150 cm³/mol. The van der Waals surface area contributed by atoms with Crippen LogP contribution in [-0.2, 0) is 11.2 Å². The minimum Gasteiger partial charge on any atom is -0.350 e. The third kappa shape index (κ3) is 4.71. The van der Waals surface area contributed by atoms with Crippen LogP contribution in [0.2, 0.25) is 0 Å². The van der Waals surface area contributed by atoms with Gasteiger partial charge in [-0.15, -0.1) is 0 Å². The summed E-state index contributed by atoms with van der Waals surface area (Å²) in [5, 5.41) is 15.5. The molecule has 6 nitrogen and oxygen atoms in total. The van der Waals surface area contributed by atoms with Gasteiger partial charge < -0.3 is 10.6 Å². The molecule has 1 aliphatic carbocycles. The van der Waals surface area contributed by atoms with E-state index in [0.717, 1.165) is 30.4 Å². The normalized spacial score (nSPS) is 21.0. The number of fused-ring (bicyclic) bond motifs is 1. The number of benzene rings is 3. The van der Waals surface area contributed by atoms with E-state index in [1.165, 1.54) is 11.1 Å². The van der Waals surface area contributed by atoms with Gasteiger partial charge in [0.05, 0.1) is 18.5 Å². The molecule has 3 aromatic carbocycles. The Balaban J connectivity index is 1.47. The number of hydrogen-bond acceptors (Lipinski definition) is 3. The van der Waals surface area contributed by atoms with Gasteiger partial charge in [-0.05, 0) is 59.6 Å². The SMILES string of the molecule is CCC1(CC)CC(=O)N([C@H](c2ccccc2)c2cccc(C(=O)N[C@@H]3c4ccccc4C[C@H]3C)c2)C(=N)N1. The maximum absolute atomic E-state index is 13.6. The van der Waals surface area contributed by atoms with E-state index < -0.39 is 11.6 Å². The highest BCUT2D eigenvalue weighted by atomic mass is 16.2.